The quantitative estimate of drug-likeness (QED) is 0.662. The zero-order valence-corrected chi connectivity index (χ0v) is 13.7. The second-order valence-corrected chi connectivity index (χ2v) is 5.64. The molecule has 124 valence electrons. The monoisotopic (exact) mass is 337 g/mol. The molecule has 0 spiro atoms. The molecule has 2 rings (SSSR count). The smallest absolute Gasteiger partial charge is 0.341 e. The van der Waals surface area contributed by atoms with Gasteiger partial charge in [0.1, 0.15) is 11.3 Å². The van der Waals surface area contributed by atoms with Crippen LogP contribution >= 0.6 is 11.6 Å². The van der Waals surface area contributed by atoms with Crippen molar-refractivity contribution in [1.29, 1.82) is 0 Å². The van der Waals surface area contributed by atoms with Gasteiger partial charge in [0.15, 0.2) is 0 Å². The van der Waals surface area contributed by atoms with Crippen LogP contribution in [0.15, 0.2) is 35.6 Å². The van der Waals surface area contributed by atoms with Gasteiger partial charge in [-0.1, -0.05) is 12.7 Å². The van der Waals surface area contributed by atoms with Crippen molar-refractivity contribution in [2.24, 2.45) is 4.99 Å². The molecular weight excluding hydrogens is 318 g/mol. The molecule has 1 aliphatic heterocycles. The molecule has 1 aliphatic rings. The van der Waals surface area contributed by atoms with Crippen LogP contribution in [0.5, 0.6) is 0 Å². The number of nitrogens with zero attached hydrogens (tertiary/aromatic N) is 3. The van der Waals surface area contributed by atoms with Crippen molar-refractivity contribution in [3.8, 4) is 0 Å². The maximum atomic E-state index is 11.9. The Hall–Kier alpha value is -1.92. The van der Waals surface area contributed by atoms with Crippen molar-refractivity contribution < 1.29 is 14.6 Å². The first-order valence-electron chi connectivity index (χ1n) is 7.44. The van der Waals surface area contributed by atoms with Crippen LogP contribution in [0, 0.1) is 0 Å². The Balaban J connectivity index is 2.28. The molecular formula is C16H20ClN3O3. The van der Waals surface area contributed by atoms with Gasteiger partial charge in [-0.3, -0.25) is 9.67 Å². The fourth-order valence-electron chi connectivity index (χ4n) is 2.43. The lowest BCUT2D eigenvalue weighted by Crippen LogP contribution is -2.20. The van der Waals surface area contributed by atoms with E-state index in [1.807, 2.05) is 6.08 Å². The minimum Gasteiger partial charge on any atom is -0.462 e. The zero-order valence-electron chi connectivity index (χ0n) is 13.0. The molecule has 0 fully saturated rings. The van der Waals surface area contributed by atoms with Crippen molar-refractivity contribution in [1.82, 2.24) is 9.78 Å². The van der Waals surface area contributed by atoms with E-state index >= 15 is 0 Å². The average Bonchev–Trinajstić information content (AvgIpc) is 2.87. The normalized spacial score (nSPS) is 22.8. The molecule has 0 bridgehead atoms. The molecule has 0 aromatic carbocycles. The number of hydrogen-bond acceptors (Lipinski definition) is 5. The van der Waals surface area contributed by atoms with Crippen molar-refractivity contribution in [2.45, 2.75) is 37.8 Å². The summed E-state index contributed by atoms with van der Waals surface area (Å²) in [5.41, 5.74) is 1.40. The number of hydrogen-bond donors (Lipinski definition) is 1. The number of aliphatic hydroxyl groups is 1. The predicted octanol–water partition coefficient (Wildman–Crippen LogP) is 2.64. The number of halogens is 1. The molecule has 2 heterocycles. The SMILES string of the molecule is C=C/C=C1\C[C@@H](Cl)C(n2cc(C(=O)OCC)c(CO)n2)CC=N1. The number of allylic oxidation sites excluding steroid dienone is 3. The van der Waals surface area contributed by atoms with Crippen molar-refractivity contribution in [3.05, 3.63) is 41.9 Å². The Morgan fingerprint density at radius 3 is 3.09 bits per heavy atom. The van der Waals surface area contributed by atoms with Crippen LogP contribution in [0.4, 0.5) is 0 Å². The fourth-order valence-corrected chi connectivity index (χ4v) is 2.81. The van der Waals surface area contributed by atoms with Crippen LogP contribution in [0.1, 0.15) is 41.9 Å². The third kappa shape index (κ3) is 4.09. The summed E-state index contributed by atoms with van der Waals surface area (Å²) in [5, 5.41) is 13.5. The summed E-state index contributed by atoms with van der Waals surface area (Å²) < 4.78 is 6.61. The Labute approximate surface area is 140 Å². The summed E-state index contributed by atoms with van der Waals surface area (Å²) in [6, 6.07) is -0.162. The molecule has 1 aromatic heterocycles. The second-order valence-electron chi connectivity index (χ2n) is 5.08. The highest BCUT2D eigenvalue weighted by Gasteiger charge is 2.27. The third-order valence-corrected chi connectivity index (χ3v) is 3.97. The number of carbonyl (C=O) groups is 1. The molecule has 2 atom stereocenters. The van der Waals surface area contributed by atoms with Gasteiger partial charge in [0.05, 0.1) is 24.6 Å². The minimum absolute atomic E-state index is 0.162. The summed E-state index contributed by atoms with van der Waals surface area (Å²) in [6.07, 6.45) is 8.01. The number of aliphatic hydroxyl groups excluding tert-OH is 1. The Morgan fingerprint density at radius 1 is 1.65 bits per heavy atom. The Bertz CT molecular complexity index is 637. The largest absolute Gasteiger partial charge is 0.462 e. The Morgan fingerprint density at radius 2 is 2.43 bits per heavy atom. The molecule has 7 heteroatoms. The first-order chi connectivity index (χ1) is 11.1. The van der Waals surface area contributed by atoms with Gasteiger partial charge in [-0.05, 0) is 13.0 Å². The average molecular weight is 338 g/mol. The van der Waals surface area contributed by atoms with Gasteiger partial charge in [0, 0.05) is 31.0 Å². The Kier molecular flexibility index (Phi) is 6.12. The number of rotatable bonds is 5. The topological polar surface area (TPSA) is 76.7 Å². The molecule has 23 heavy (non-hydrogen) atoms. The van der Waals surface area contributed by atoms with Gasteiger partial charge in [-0.25, -0.2) is 4.79 Å². The maximum Gasteiger partial charge on any atom is 0.341 e. The first-order valence-corrected chi connectivity index (χ1v) is 7.88. The van der Waals surface area contributed by atoms with E-state index in [2.05, 4.69) is 16.7 Å². The van der Waals surface area contributed by atoms with E-state index in [0.29, 0.717) is 12.8 Å². The number of aliphatic imine (C=N–C) groups is 1. The number of esters is 1. The molecule has 1 unspecified atom stereocenters. The van der Waals surface area contributed by atoms with E-state index in [4.69, 9.17) is 16.3 Å². The second kappa shape index (κ2) is 8.08. The van der Waals surface area contributed by atoms with Crippen LogP contribution in [-0.2, 0) is 11.3 Å². The summed E-state index contributed by atoms with van der Waals surface area (Å²) >= 11 is 6.50. The summed E-state index contributed by atoms with van der Waals surface area (Å²) in [5.74, 6) is -0.497. The maximum absolute atomic E-state index is 11.9. The highest BCUT2D eigenvalue weighted by atomic mass is 35.5. The van der Waals surface area contributed by atoms with E-state index in [1.165, 1.54) is 0 Å². The highest BCUT2D eigenvalue weighted by Crippen LogP contribution is 2.29. The van der Waals surface area contributed by atoms with E-state index < -0.39 is 5.97 Å². The molecule has 0 saturated heterocycles. The molecule has 1 aromatic rings. The lowest BCUT2D eigenvalue weighted by Gasteiger charge is -2.19. The number of carbonyl (C=O) groups excluding carboxylic acids is 1. The number of ether oxygens (including phenoxy) is 1. The summed E-state index contributed by atoms with van der Waals surface area (Å²) in [4.78, 5) is 16.3. The zero-order chi connectivity index (χ0) is 16.8. The standard InChI is InChI=1S/C16H20ClN3O3/c1-3-5-11-8-13(17)15(6-7-18-11)20-9-12(14(10-21)19-20)16(22)23-4-2/h3,5,7,9,13,15,21H,1,4,6,8,10H2,2H3/b11-5+/t13-,15?/m1/s1. The van der Waals surface area contributed by atoms with Crippen LogP contribution in [0.25, 0.3) is 0 Å². The van der Waals surface area contributed by atoms with Crippen molar-refractivity contribution in [2.75, 3.05) is 6.61 Å². The lowest BCUT2D eigenvalue weighted by molar-refractivity contribution is 0.0522. The van der Waals surface area contributed by atoms with Gasteiger partial charge in [0.2, 0.25) is 0 Å². The third-order valence-electron chi connectivity index (χ3n) is 3.53. The van der Waals surface area contributed by atoms with Crippen LogP contribution in [0.3, 0.4) is 0 Å². The first kappa shape index (κ1) is 17.4. The van der Waals surface area contributed by atoms with Gasteiger partial charge >= 0.3 is 5.97 Å². The highest BCUT2D eigenvalue weighted by molar-refractivity contribution is 6.21. The minimum atomic E-state index is -0.497. The van der Waals surface area contributed by atoms with E-state index in [9.17, 15) is 9.90 Å². The van der Waals surface area contributed by atoms with E-state index in [0.717, 1.165) is 5.70 Å². The van der Waals surface area contributed by atoms with Crippen LogP contribution in [-0.4, -0.2) is 39.1 Å². The predicted molar refractivity (Wildman–Crippen MR) is 88.8 cm³/mol. The molecule has 0 saturated carbocycles. The molecule has 6 nitrogen and oxygen atoms in total. The van der Waals surface area contributed by atoms with E-state index in [1.54, 1.807) is 30.1 Å². The van der Waals surface area contributed by atoms with Crippen molar-refractivity contribution in [3.63, 3.8) is 0 Å². The lowest BCUT2D eigenvalue weighted by atomic mass is 10.1. The number of aromatic nitrogens is 2. The molecule has 0 aliphatic carbocycles. The van der Waals surface area contributed by atoms with Gasteiger partial charge < -0.3 is 9.84 Å². The summed E-state index contributed by atoms with van der Waals surface area (Å²) in [7, 11) is 0. The van der Waals surface area contributed by atoms with Crippen LogP contribution in [0.2, 0.25) is 0 Å². The fraction of sp³-hybridized carbons (Fsp3) is 0.438. The summed E-state index contributed by atoms with van der Waals surface area (Å²) in [6.45, 7) is 5.31. The molecule has 0 amide bonds. The number of alkyl halides is 1. The van der Waals surface area contributed by atoms with E-state index in [-0.39, 0.29) is 35.9 Å². The molecule has 1 N–H and O–H groups in total. The van der Waals surface area contributed by atoms with Gasteiger partial charge in [0.25, 0.3) is 0 Å². The van der Waals surface area contributed by atoms with Gasteiger partial charge in [-0.15, -0.1) is 11.6 Å². The van der Waals surface area contributed by atoms with Gasteiger partial charge in [-0.2, -0.15) is 5.10 Å². The van der Waals surface area contributed by atoms with Crippen molar-refractivity contribution >= 4 is 23.8 Å². The molecule has 0 radical (unpaired) electrons. The van der Waals surface area contributed by atoms with Crippen LogP contribution < -0.4 is 0 Å².